The quantitative estimate of drug-likeness (QED) is 0.509. The smallest absolute Gasteiger partial charge is 0.330 e. The van der Waals surface area contributed by atoms with Gasteiger partial charge < -0.3 is 9.47 Å². The molecule has 0 aliphatic rings. The molecule has 0 heterocycles. The molecule has 3 aromatic rings. The predicted octanol–water partition coefficient (Wildman–Crippen LogP) is 4.61. The van der Waals surface area contributed by atoms with Crippen molar-refractivity contribution in [2.75, 3.05) is 7.11 Å². The van der Waals surface area contributed by atoms with E-state index in [0.29, 0.717) is 6.61 Å². The minimum absolute atomic E-state index is 0.378. The van der Waals surface area contributed by atoms with Crippen molar-refractivity contribution >= 4 is 22.8 Å². The van der Waals surface area contributed by atoms with E-state index in [4.69, 9.17) is 4.74 Å². The van der Waals surface area contributed by atoms with Crippen molar-refractivity contribution in [3.8, 4) is 5.75 Å². The number of carbonyl (C=O) groups excluding carboxylic acids is 1. The van der Waals surface area contributed by atoms with Crippen LogP contribution in [0.15, 0.2) is 72.8 Å². The Labute approximate surface area is 141 Å². The summed E-state index contributed by atoms with van der Waals surface area (Å²) in [5.74, 6) is 0.382. The molecular weight excluding hydrogens is 300 g/mol. The van der Waals surface area contributed by atoms with Gasteiger partial charge >= 0.3 is 5.97 Å². The maximum atomic E-state index is 11.2. The Hall–Kier alpha value is -3.07. The number of benzene rings is 3. The lowest BCUT2D eigenvalue weighted by molar-refractivity contribution is -0.134. The van der Waals surface area contributed by atoms with Gasteiger partial charge in [0, 0.05) is 6.08 Å². The van der Waals surface area contributed by atoms with Gasteiger partial charge in [-0.15, -0.1) is 0 Å². The van der Waals surface area contributed by atoms with Gasteiger partial charge in [0.15, 0.2) is 0 Å². The lowest BCUT2D eigenvalue weighted by Gasteiger charge is -2.09. The van der Waals surface area contributed by atoms with Crippen molar-refractivity contribution in [2.24, 2.45) is 0 Å². The fraction of sp³-hybridized carbons (Fsp3) is 0.0952. The summed E-state index contributed by atoms with van der Waals surface area (Å²) in [7, 11) is 1.36. The number of fused-ring (bicyclic) bond motifs is 1. The molecule has 3 aromatic carbocycles. The lowest BCUT2D eigenvalue weighted by atomic mass is 10.1. The molecule has 0 radical (unpaired) electrons. The first-order chi connectivity index (χ1) is 11.8. The van der Waals surface area contributed by atoms with Crippen LogP contribution in [0.2, 0.25) is 0 Å². The number of esters is 1. The van der Waals surface area contributed by atoms with Gasteiger partial charge in [-0.05, 0) is 40.1 Å². The Morgan fingerprint density at radius 1 is 1.00 bits per heavy atom. The molecule has 3 rings (SSSR count). The first-order valence-corrected chi connectivity index (χ1v) is 7.72. The molecule has 0 bridgehead atoms. The summed E-state index contributed by atoms with van der Waals surface area (Å²) >= 11 is 0. The van der Waals surface area contributed by atoms with Crippen molar-refractivity contribution in [3.63, 3.8) is 0 Å². The van der Waals surface area contributed by atoms with Gasteiger partial charge in [-0.2, -0.15) is 0 Å². The molecule has 0 fully saturated rings. The summed E-state index contributed by atoms with van der Waals surface area (Å²) in [5.41, 5.74) is 2.03. The van der Waals surface area contributed by atoms with Crippen molar-refractivity contribution < 1.29 is 14.3 Å². The van der Waals surface area contributed by atoms with E-state index in [9.17, 15) is 4.79 Å². The highest BCUT2D eigenvalue weighted by molar-refractivity contribution is 5.87. The third-order valence-electron chi connectivity index (χ3n) is 3.75. The molecule has 0 N–H and O–H groups in total. The van der Waals surface area contributed by atoms with Crippen molar-refractivity contribution in [3.05, 3.63) is 83.9 Å². The molecule has 3 nitrogen and oxygen atoms in total. The number of hydrogen-bond acceptors (Lipinski definition) is 3. The third kappa shape index (κ3) is 3.82. The lowest BCUT2D eigenvalue weighted by Crippen LogP contribution is -1.96. The van der Waals surface area contributed by atoms with E-state index in [-0.39, 0.29) is 5.97 Å². The average molecular weight is 318 g/mol. The summed E-state index contributed by atoms with van der Waals surface area (Å²) in [5, 5.41) is 2.40. The van der Waals surface area contributed by atoms with Crippen LogP contribution < -0.4 is 4.74 Å². The first-order valence-electron chi connectivity index (χ1n) is 7.72. The highest BCUT2D eigenvalue weighted by Crippen LogP contribution is 2.21. The van der Waals surface area contributed by atoms with Crippen LogP contribution in [0, 0.1) is 0 Å². The summed E-state index contributed by atoms with van der Waals surface area (Å²) in [6, 6.07) is 22.1. The van der Waals surface area contributed by atoms with E-state index < -0.39 is 0 Å². The van der Waals surface area contributed by atoms with Gasteiger partial charge in [-0.1, -0.05) is 54.6 Å². The largest absolute Gasteiger partial charge is 0.489 e. The molecule has 120 valence electrons. The van der Waals surface area contributed by atoms with Crippen LogP contribution in [0.1, 0.15) is 11.1 Å². The Balaban J connectivity index is 1.74. The zero-order valence-corrected chi connectivity index (χ0v) is 13.4. The summed E-state index contributed by atoms with van der Waals surface area (Å²) in [6.45, 7) is 0.492. The SMILES string of the molecule is COC(=O)/C=C/c1cccc(OCc2cccc3ccccc23)c1. The Kier molecular flexibility index (Phi) is 4.92. The highest BCUT2D eigenvalue weighted by Gasteiger charge is 2.02. The predicted molar refractivity (Wildman–Crippen MR) is 95.8 cm³/mol. The van der Waals surface area contributed by atoms with Gasteiger partial charge in [-0.3, -0.25) is 0 Å². The Bertz CT molecular complexity index is 876. The number of rotatable bonds is 5. The molecular formula is C21H18O3. The van der Waals surface area contributed by atoms with Crippen LogP contribution >= 0.6 is 0 Å². The monoisotopic (exact) mass is 318 g/mol. The van der Waals surface area contributed by atoms with Crippen LogP contribution in [0.4, 0.5) is 0 Å². The van der Waals surface area contributed by atoms with Crippen LogP contribution in [-0.2, 0) is 16.1 Å². The summed E-state index contributed by atoms with van der Waals surface area (Å²) < 4.78 is 10.5. The number of carbonyl (C=O) groups is 1. The number of hydrogen-bond donors (Lipinski definition) is 0. The van der Waals surface area contributed by atoms with E-state index >= 15 is 0 Å². The van der Waals surface area contributed by atoms with Gasteiger partial charge in [0.25, 0.3) is 0 Å². The molecule has 0 spiro atoms. The molecule has 0 amide bonds. The second kappa shape index (κ2) is 7.47. The number of methoxy groups -OCH3 is 1. The number of ether oxygens (including phenoxy) is 2. The van der Waals surface area contributed by atoms with Crippen molar-refractivity contribution in [1.29, 1.82) is 0 Å². The second-order valence-corrected chi connectivity index (χ2v) is 5.36. The molecule has 24 heavy (non-hydrogen) atoms. The molecule has 0 saturated heterocycles. The van der Waals surface area contributed by atoms with Gasteiger partial charge in [0.1, 0.15) is 12.4 Å². The van der Waals surface area contributed by atoms with Crippen LogP contribution in [0.25, 0.3) is 16.8 Å². The van der Waals surface area contributed by atoms with E-state index in [1.165, 1.54) is 24.0 Å². The molecule has 0 unspecified atom stereocenters. The molecule has 0 saturated carbocycles. The highest BCUT2D eigenvalue weighted by atomic mass is 16.5. The molecule has 0 aromatic heterocycles. The topological polar surface area (TPSA) is 35.5 Å². The van der Waals surface area contributed by atoms with Crippen LogP contribution in [0.3, 0.4) is 0 Å². The maximum absolute atomic E-state index is 11.2. The van der Waals surface area contributed by atoms with E-state index in [1.54, 1.807) is 6.08 Å². The van der Waals surface area contributed by atoms with E-state index in [1.807, 2.05) is 42.5 Å². The van der Waals surface area contributed by atoms with Gasteiger partial charge in [0.2, 0.25) is 0 Å². The zero-order chi connectivity index (χ0) is 16.8. The standard InChI is InChI=1S/C21H18O3/c1-23-21(22)13-12-16-6-4-10-19(14-16)24-15-18-9-5-8-17-7-2-3-11-20(17)18/h2-14H,15H2,1H3/b13-12+. The summed E-state index contributed by atoms with van der Waals surface area (Å²) in [6.07, 6.45) is 3.10. The fourth-order valence-corrected chi connectivity index (χ4v) is 2.52. The Morgan fingerprint density at radius 2 is 1.79 bits per heavy atom. The molecule has 0 aliphatic carbocycles. The van der Waals surface area contributed by atoms with Crippen LogP contribution in [0.5, 0.6) is 5.75 Å². The first kappa shape index (κ1) is 15.8. The van der Waals surface area contributed by atoms with Crippen molar-refractivity contribution in [1.82, 2.24) is 0 Å². The Morgan fingerprint density at radius 3 is 2.67 bits per heavy atom. The molecule has 0 atom stereocenters. The minimum atomic E-state index is -0.378. The summed E-state index contributed by atoms with van der Waals surface area (Å²) in [4.78, 5) is 11.2. The zero-order valence-electron chi connectivity index (χ0n) is 13.4. The van der Waals surface area contributed by atoms with Crippen LogP contribution in [-0.4, -0.2) is 13.1 Å². The average Bonchev–Trinajstić information content (AvgIpc) is 2.64. The minimum Gasteiger partial charge on any atom is -0.489 e. The van der Waals surface area contributed by atoms with Crippen molar-refractivity contribution in [2.45, 2.75) is 6.61 Å². The fourth-order valence-electron chi connectivity index (χ4n) is 2.52. The van der Waals surface area contributed by atoms with E-state index in [2.05, 4.69) is 29.0 Å². The molecule has 3 heteroatoms. The van der Waals surface area contributed by atoms with E-state index in [0.717, 1.165) is 16.9 Å². The third-order valence-corrected chi connectivity index (χ3v) is 3.75. The normalized spacial score (nSPS) is 10.9. The van der Waals surface area contributed by atoms with Gasteiger partial charge in [-0.25, -0.2) is 4.79 Å². The molecule has 0 aliphatic heterocycles. The van der Waals surface area contributed by atoms with Gasteiger partial charge in [0.05, 0.1) is 7.11 Å². The maximum Gasteiger partial charge on any atom is 0.330 e. The second-order valence-electron chi connectivity index (χ2n) is 5.36.